The maximum atomic E-state index is 12.2. The number of hydrogen-bond acceptors (Lipinski definition) is 4. The van der Waals surface area contributed by atoms with Crippen LogP contribution in [0.4, 0.5) is 5.69 Å². The predicted octanol–water partition coefficient (Wildman–Crippen LogP) is 1.84. The van der Waals surface area contributed by atoms with E-state index in [0.29, 0.717) is 10.2 Å². The molecule has 0 amide bonds. The number of nitrogens with one attached hydrogen (secondary N) is 1. The molecule has 2 N–H and O–H groups in total. The van der Waals surface area contributed by atoms with E-state index in [-0.39, 0.29) is 4.90 Å². The Labute approximate surface area is 129 Å². The molecule has 2 rings (SSSR count). The summed E-state index contributed by atoms with van der Waals surface area (Å²) in [6.07, 6.45) is 2.27. The molecule has 0 aliphatic rings. The first kappa shape index (κ1) is 15.5. The molecule has 112 valence electrons. The van der Waals surface area contributed by atoms with Gasteiger partial charge in [-0.3, -0.25) is 14.2 Å². The number of benzene rings is 1. The van der Waals surface area contributed by atoms with Gasteiger partial charge in [0.25, 0.3) is 10.0 Å². The minimum Gasteiger partial charge on any atom is -0.480 e. The molecule has 1 aromatic carbocycles. The Kier molecular flexibility index (Phi) is 4.33. The third-order valence-electron chi connectivity index (χ3n) is 2.59. The van der Waals surface area contributed by atoms with Crippen molar-refractivity contribution < 1.29 is 18.3 Å². The van der Waals surface area contributed by atoms with E-state index in [1.165, 1.54) is 6.20 Å². The first-order chi connectivity index (χ1) is 9.78. The van der Waals surface area contributed by atoms with E-state index < -0.39 is 22.5 Å². The molecule has 0 bridgehead atoms. The van der Waals surface area contributed by atoms with Crippen molar-refractivity contribution in [2.75, 3.05) is 4.72 Å². The maximum Gasteiger partial charge on any atom is 0.325 e. The summed E-state index contributed by atoms with van der Waals surface area (Å²) in [7, 11) is -3.82. The minimum atomic E-state index is -3.82. The molecule has 21 heavy (non-hydrogen) atoms. The zero-order valence-corrected chi connectivity index (χ0v) is 13.3. The lowest BCUT2D eigenvalue weighted by atomic mass is 10.2. The Morgan fingerprint density at radius 1 is 1.48 bits per heavy atom. The van der Waals surface area contributed by atoms with Gasteiger partial charge in [-0.1, -0.05) is 6.07 Å². The van der Waals surface area contributed by atoms with E-state index in [9.17, 15) is 13.2 Å². The summed E-state index contributed by atoms with van der Waals surface area (Å²) < 4.78 is 28.5. The molecule has 0 spiro atoms. The molecule has 0 saturated carbocycles. The zero-order chi connectivity index (χ0) is 15.6. The van der Waals surface area contributed by atoms with Crippen molar-refractivity contribution in [3.8, 4) is 0 Å². The van der Waals surface area contributed by atoms with Crippen molar-refractivity contribution in [1.82, 2.24) is 9.78 Å². The monoisotopic (exact) mass is 373 g/mol. The fraction of sp³-hybridized carbons (Fsp3) is 0.167. The molecule has 0 aliphatic heterocycles. The van der Waals surface area contributed by atoms with Crippen LogP contribution in [-0.4, -0.2) is 29.3 Å². The highest BCUT2D eigenvalue weighted by atomic mass is 79.9. The van der Waals surface area contributed by atoms with Crippen LogP contribution in [0.25, 0.3) is 0 Å². The second-order valence-electron chi connectivity index (χ2n) is 4.36. The van der Waals surface area contributed by atoms with Gasteiger partial charge in [0, 0.05) is 10.7 Å². The van der Waals surface area contributed by atoms with Crippen LogP contribution in [0.15, 0.2) is 40.0 Å². The Morgan fingerprint density at radius 3 is 2.81 bits per heavy atom. The molecule has 9 heteroatoms. The van der Waals surface area contributed by atoms with Crippen molar-refractivity contribution in [3.05, 3.63) is 40.6 Å². The number of carbonyl (C=O) groups is 1. The molecule has 2 aromatic rings. The van der Waals surface area contributed by atoms with Gasteiger partial charge in [0.05, 0.1) is 11.9 Å². The van der Waals surface area contributed by atoms with Crippen LogP contribution in [0.2, 0.25) is 0 Å². The van der Waals surface area contributed by atoms with Gasteiger partial charge in [0.2, 0.25) is 0 Å². The third kappa shape index (κ3) is 3.82. The lowest BCUT2D eigenvalue weighted by Gasteiger charge is -2.08. The number of carboxylic acids is 1. The van der Waals surface area contributed by atoms with Gasteiger partial charge in [-0.25, -0.2) is 8.42 Å². The number of nitrogens with zero attached hydrogens (tertiary/aromatic N) is 2. The average Bonchev–Trinajstić information content (AvgIpc) is 2.81. The van der Waals surface area contributed by atoms with E-state index in [1.54, 1.807) is 18.2 Å². The van der Waals surface area contributed by atoms with Gasteiger partial charge in [-0.2, -0.15) is 5.10 Å². The van der Waals surface area contributed by atoms with Crippen LogP contribution >= 0.6 is 15.9 Å². The van der Waals surface area contributed by atoms with Crippen molar-refractivity contribution in [2.24, 2.45) is 0 Å². The largest absolute Gasteiger partial charge is 0.480 e. The van der Waals surface area contributed by atoms with Crippen LogP contribution in [-0.2, 0) is 21.4 Å². The molecule has 1 heterocycles. The van der Waals surface area contributed by atoms with Gasteiger partial charge < -0.3 is 5.11 Å². The number of aliphatic carboxylic acids is 1. The zero-order valence-electron chi connectivity index (χ0n) is 10.9. The van der Waals surface area contributed by atoms with Gasteiger partial charge in [-0.05, 0) is 40.5 Å². The standard InChI is InChI=1S/C12H12BrN3O4S/c1-8-2-3-11(10(13)4-8)15-21(19,20)9-5-14-16(6-9)7-12(17)18/h2-6,15H,7H2,1H3,(H,17,18). The summed E-state index contributed by atoms with van der Waals surface area (Å²) in [5.74, 6) is -1.10. The fourth-order valence-corrected chi connectivity index (χ4v) is 3.37. The molecular weight excluding hydrogens is 362 g/mol. The molecule has 0 radical (unpaired) electrons. The quantitative estimate of drug-likeness (QED) is 0.832. The molecule has 1 aromatic heterocycles. The van der Waals surface area contributed by atoms with Crippen molar-refractivity contribution in [1.29, 1.82) is 0 Å². The number of sulfonamides is 1. The lowest BCUT2D eigenvalue weighted by Crippen LogP contribution is -2.13. The van der Waals surface area contributed by atoms with Gasteiger partial charge in [-0.15, -0.1) is 0 Å². The number of carboxylic acid groups (broad SMARTS) is 1. The summed E-state index contributed by atoms with van der Waals surface area (Å²) in [5, 5.41) is 12.4. The SMILES string of the molecule is Cc1ccc(NS(=O)(=O)c2cnn(CC(=O)O)c2)c(Br)c1. The molecule has 0 saturated heterocycles. The summed E-state index contributed by atoms with van der Waals surface area (Å²) >= 11 is 3.28. The Balaban J connectivity index is 2.25. The average molecular weight is 374 g/mol. The van der Waals surface area contributed by atoms with Gasteiger partial charge in [0.15, 0.2) is 0 Å². The summed E-state index contributed by atoms with van der Waals surface area (Å²) in [5.41, 5.74) is 1.38. The summed E-state index contributed by atoms with van der Waals surface area (Å²) in [6, 6.07) is 5.20. The highest BCUT2D eigenvalue weighted by molar-refractivity contribution is 9.10. The number of rotatable bonds is 5. The van der Waals surface area contributed by atoms with Crippen LogP contribution in [0.1, 0.15) is 5.56 Å². The number of anilines is 1. The van der Waals surface area contributed by atoms with Crippen LogP contribution < -0.4 is 4.72 Å². The smallest absolute Gasteiger partial charge is 0.325 e. The molecule has 0 atom stereocenters. The van der Waals surface area contributed by atoms with Crippen LogP contribution in [0.5, 0.6) is 0 Å². The second kappa shape index (κ2) is 5.86. The highest BCUT2D eigenvalue weighted by Crippen LogP contribution is 2.25. The van der Waals surface area contributed by atoms with Gasteiger partial charge >= 0.3 is 5.97 Å². The second-order valence-corrected chi connectivity index (χ2v) is 6.89. The topological polar surface area (TPSA) is 101 Å². The minimum absolute atomic E-state index is 0.101. The van der Waals surface area contributed by atoms with E-state index in [4.69, 9.17) is 5.11 Å². The molecule has 0 unspecified atom stereocenters. The number of aromatic nitrogens is 2. The number of aryl methyl sites for hydroxylation is 1. The first-order valence-electron chi connectivity index (χ1n) is 5.81. The molecule has 0 fully saturated rings. The molecular formula is C12H12BrN3O4S. The van der Waals surface area contributed by atoms with Gasteiger partial charge in [0.1, 0.15) is 11.4 Å². The molecule has 7 nitrogen and oxygen atoms in total. The van der Waals surface area contributed by atoms with E-state index in [2.05, 4.69) is 25.8 Å². The number of hydrogen-bond donors (Lipinski definition) is 2. The molecule has 0 aliphatic carbocycles. The summed E-state index contributed by atoms with van der Waals surface area (Å²) in [4.78, 5) is 10.5. The maximum absolute atomic E-state index is 12.2. The Bertz CT molecular complexity index is 786. The van der Waals surface area contributed by atoms with Crippen LogP contribution in [0, 0.1) is 6.92 Å². The Morgan fingerprint density at radius 2 is 2.19 bits per heavy atom. The summed E-state index contributed by atoms with van der Waals surface area (Å²) in [6.45, 7) is 1.49. The van der Waals surface area contributed by atoms with E-state index in [1.807, 2.05) is 6.92 Å². The van der Waals surface area contributed by atoms with E-state index in [0.717, 1.165) is 16.4 Å². The first-order valence-corrected chi connectivity index (χ1v) is 8.09. The van der Waals surface area contributed by atoms with Crippen molar-refractivity contribution >= 4 is 37.6 Å². The Hall–Kier alpha value is -1.87. The number of halogens is 1. The fourth-order valence-electron chi connectivity index (χ4n) is 1.62. The van der Waals surface area contributed by atoms with Crippen LogP contribution in [0.3, 0.4) is 0 Å². The lowest BCUT2D eigenvalue weighted by molar-refractivity contribution is -0.137. The van der Waals surface area contributed by atoms with E-state index >= 15 is 0 Å². The predicted molar refractivity (Wildman–Crippen MR) is 79.6 cm³/mol. The highest BCUT2D eigenvalue weighted by Gasteiger charge is 2.18. The normalized spacial score (nSPS) is 11.3. The third-order valence-corrected chi connectivity index (χ3v) is 4.56. The van der Waals surface area contributed by atoms with Crippen molar-refractivity contribution in [3.63, 3.8) is 0 Å². The van der Waals surface area contributed by atoms with Crippen molar-refractivity contribution in [2.45, 2.75) is 18.4 Å².